The van der Waals surface area contributed by atoms with Crippen molar-refractivity contribution in [2.24, 2.45) is 0 Å². The predicted octanol–water partition coefficient (Wildman–Crippen LogP) is 6.28. The average molecular weight is 393 g/mol. The molecule has 2 N–H and O–H groups in total. The van der Waals surface area contributed by atoms with E-state index in [0.29, 0.717) is 12.8 Å². The summed E-state index contributed by atoms with van der Waals surface area (Å²) in [6, 6.07) is 0. The zero-order valence-electron chi connectivity index (χ0n) is 17.3. The zero-order valence-corrected chi connectivity index (χ0v) is 18.1. The van der Waals surface area contributed by atoms with E-state index >= 15 is 0 Å². The molecule has 0 aliphatic rings. The molecule has 0 amide bonds. The third-order valence-corrected chi connectivity index (χ3v) is 6.74. The molecule has 158 valence electrons. The Morgan fingerprint density at radius 2 is 1.04 bits per heavy atom. The van der Waals surface area contributed by atoms with Crippen molar-refractivity contribution in [3.05, 3.63) is 0 Å². The van der Waals surface area contributed by atoms with Crippen molar-refractivity contribution < 1.29 is 18.1 Å². The quantitative estimate of drug-likeness (QED) is 0.200. The molecule has 0 aliphatic carbocycles. The van der Waals surface area contributed by atoms with Crippen LogP contribution in [0.5, 0.6) is 0 Å². The molecule has 0 spiro atoms. The van der Waals surface area contributed by atoms with Crippen LogP contribution in [0.15, 0.2) is 0 Å². The molecular formula is C21H44O4S. The molecule has 0 aromatic heterocycles. The highest BCUT2D eigenvalue weighted by molar-refractivity contribution is 7.86. The molecule has 4 nitrogen and oxygen atoms in total. The fraction of sp³-hybridized carbons (Fsp3) is 1.00. The molecule has 0 heterocycles. The van der Waals surface area contributed by atoms with Gasteiger partial charge in [0.15, 0.2) is 0 Å². The predicted molar refractivity (Wildman–Crippen MR) is 111 cm³/mol. The van der Waals surface area contributed by atoms with Crippen molar-refractivity contribution in [3.8, 4) is 0 Å². The molecule has 0 saturated heterocycles. The van der Waals surface area contributed by atoms with Crippen LogP contribution in [0.3, 0.4) is 0 Å². The lowest BCUT2D eigenvalue weighted by Crippen LogP contribution is -2.19. The lowest BCUT2D eigenvalue weighted by atomic mass is 10.0. The van der Waals surface area contributed by atoms with Gasteiger partial charge in [0.2, 0.25) is 0 Å². The molecule has 0 rings (SSSR count). The Morgan fingerprint density at radius 1 is 0.654 bits per heavy atom. The number of rotatable bonds is 19. The van der Waals surface area contributed by atoms with Crippen LogP contribution in [0.25, 0.3) is 0 Å². The number of unbranched alkanes of at least 4 members (excludes halogenated alkanes) is 11. The van der Waals surface area contributed by atoms with E-state index in [2.05, 4.69) is 6.92 Å². The molecule has 0 aliphatic heterocycles. The first-order valence-electron chi connectivity index (χ1n) is 11.1. The fourth-order valence-corrected chi connectivity index (χ4v) is 4.39. The first kappa shape index (κ1) is 25.9. The van der Waals surface area contributed by atoms with Gasteiger partial charge >= 0.3 is 0 Å². The topological polar surface area (TPSA) is 74.6 Å². The van der Waals surface area contributed by atoms with Crippen LogP contribution in [0.2, 0.25) is 0 Å². The van der Waals surface area contributed by atoms with Gasteiger partial charge in [0.05, 0.1) is 11.4 Å². The largest absolute Gasteiger partial charge is 0.393 e. The molecule has 2 atom stereocenters. The van der Waals surface area contributed by atoms with Gasteiger partial charge in [-0.2, -0.15) is 8.42 Å². The Balaban J connectivity index is 3.39. The summed E-state index contributed by atoms with van der Waals surface area (Å²) in [7, 11) is -3.87. The molecular weight excluding hydrogens is 348 g/mol. The Kier molecular flexibility index (Phi) is 16.9. The van der Waals surface area contributed by atoms with Gasteiger partial charge in [0, 0.05) is 0 Å². The Bertz CT molecular complexity index is 395. The molecule has 0 aromatic carbocycles. The van der Waals surface area contributed by atoms with E-state index in [1.165, 1.54) is 38.5 Å². The molecule has 2 unspecified atom stereocenters. The van der Waals surface area contributed by atoms with E-state index in [9.17, 15) is 13.5 Å². The Hall–Kier alpha value is -0.130. The van der Waals surface area contributed by atoms with E-state index in [0.717, 1.165) is 57.8 Å². The highest BCUT2D eigenvalue weighted by Gasteiger charge is 2.19. The third-order valence-electron chi connectivity index (χ3n) is 5.33. The van der Waals surface area contributed by atoms with E-state index in [4.69, 9.17) is 4.55 Å². The van der Waals surface area contributed by atoms with Crippen LogP contribution in [-0.4, -0.2) is 29.4 Å². The van der Waals surface area contributed by atoms with E-state index < -0.39 is 15.4 Å². The second-order valence-electron chi connectivity index (χ2n) is 7.81. The van der Waals surface area contributed by atoms with Crippen LogP contribution < -0.4 is 0 Å². The Labute approximate surface area is 162 Å². The maximum absolute atomic E-state index is 11.1. The molecule has 0 saturated carbocycles. The normalized spacial score (nSPS) is 14.5. The van der Waals surface area contributed by atoms with Gasteiger partial charge in [-0.3, -0.25) is 4.55 Å². The van der Waals surface area contributed by atoms with Gasteiger partial charge < -0.3 is 5.11 Å². The maximum atomic E-state index is 11.1. The van der Waals surface area contributed by atoms with Crippen molar-refractivity contribution in [2.75, 3.05) is 0 Å². The maximum Gasteiger partial charge on any atom is 0.267 e. The number of aliphatic hydroxyl groups is 1. The third kappa shape index (κ3) is 16.1. The van der Waals surface area contributed by atoms with Crippen LogP contribution in [0, 0.1) is 0 Å². The second-order valence-corrected chi connectivity index (χ2v) is 9.50. The van der Waals surface area contributed by atoms with Crippen molar-refractivity contribution in [1.29, 1.82) is 0 Å². The fourth-order valence-electron chi connectivity index (χ4n) is 3.50. The Morgan fingerprint density at radius 3 is 1.42 bits per heavy atom. The second kappa shape index (κ2) is 17.0. The number of hydrogen-bond acceptors (Lipinski definition) is 3. The molecule has 26 heavy (non-hydrogen) atoms. The van der Waals surface area contributed by atoms with Crippen LogP contribution in [-0.2, 0) is 10.1 Å². The first-order valence-corrected chi connectivity index (χ1v) is 12.6. The molecule has 0 aromatic rings. The minimum Gasteiger partial charge on any atom is -0.393 e. The molecule has 0 radical (unpaired) electrons. The lowest BCUT2D eigenvalue weighted by molar-refractivity contribution is 0.147. The van der Waals surface area contributed by atoms with Gasteiger partial charge in [0.1, 0.15) is 0 Å². The number of hydrogen-bond donors (Lipinski definition) is 2. The van der Waals surface area contributed by atoms with Crippen molar-refractivity contribution in [1.82, 2.24) is 0 Å². The van der Waals surface area contributed by atoms with Gasteiger partial charge in [-0.05, 0) is 25.7 Å². The molecule has 0 fully saturated rings. The minimum atomic E-state index is -3.87. The van der Waals surface area contributed by atoms with Crippen LogP contribution in [0.1, 0.15) is 123 Å². The summed E-state index contributed by atoms with van der Waals surface area (Å²) in [5, 5.41) is 9.42. The molecule has 5 heteroatoms. The summed E-state index contributed by atoms with van der Waals surface area (Å²) in [6.07, 6.45) is 18.2. The number of aliphatic hydroxyl groups excluding tert-OH is 1. The monoisotopic (exact) mass is 392 g/mol. The van der Waals surface area contributed by atoms with Gasteiger partial charge in [-0.15, -0.1) is 0 Å². The SMILES string of the molecule is CCCCCCCCCC(O)CCCCCCCCC(CC)S(=O)(=O)O. The van der Waals surface area contributed by atoms with E-state index in [1.54, 1.807) is 6.92 Å². The zero-order chi connectivity index (χ0) is 19.7. The van der Waals surface area contributed by atoms with Crippen molar-refractivity contribution >= 4 is 10.1 Å². The molecule has 0 bridgehead atoms. The van der Waals surface area contributed by atoms with E-state index in [1.807, 2.05) is 0 Å². The summed E-state index contributed by atoms with van der Waals surface area (Å²) < 4.78 is 31.3. The van der Waals surface area contributed by atoms with Crippen molar-refractivity contribution in [2.45, 2.75) is 134 Å². The highest BCUT2D eigenvalue weighted by Crippen LogP contribution is 2.17. The lowest BCUT2D eigenvalue weighted by Gasteiger charge is -2.11. The van der Waals surface area contributed by atoms with Crippen molar-refractivity contribution in [3.63, 3.8) is 0 Å². The summed E-state index contributed by atoms with van der Waals surface area (Å²) in [5.41, 5.74) is 0. The van der Waals surface area contributed by atoms with Gasteiger partial charge in [0.25, 0.3) is 10.1 Å². The standard InChI is InChI=1S/C21H44O4S/c1-3-5-6-7-8-11-14-17-20(22)18-15-12-9-10-13-16-19-21(4-2)26(23,24)25/h20-22H,3-19H2,1-2H3,(H,23,24,25). The summed E-state index contributed by atoms with van der Waals surface area (Å²) in [4.78, 5) is 0. The average Bonchev–Trinajstić information content (AvgIpc) is 2.58. The van der Waals surface area contributed by atoms with Crippen LogP contribution >= 0.6 is 0 Å². The van der Waals surface area contributed by atoms with Gasteiger partial charge in [-0.1, -0.05) is 97.3 Å². The smallest absolute Gasteiger partial charge is 0.267 e. The van der Waals surface area contributed by atoms with Gasteiger partial charge in [-0.25, -0.2) is 0 Å². The summed E-state index contributed by atoms with van der Waals surface area (Å²) >= 11 is 0. The van der Waals surface area contributed by atoms with Crippen LogP contribution in [0.4, 0.5) is 0 Å². The highest BCUT2D eigenvalue weighted by atomic mass is 32.2. The minimum absolute atomic E-state index is 0.134. The summed E-state index contributed by atoms with van der Waals surface area (Å²) in [6.45, 7) is 4.04. The van der Waals surface area contributed by atoms with E-state index in [-0.39, 0.29) is 6.10 Å². The first-order chi connectivity index (χ1) is 12.4. The summed E-state index contributed by atoms with van der Waals surface area (Å²) in [5.74, 6) is 0.